The Hall–Kier alpha value is -0.870. The lowest BCUT2D eigenvalue weighted by Gasteiger charge is -2.17. The average molecular weight is 313 g/mol. The first kappa shape index (κ1) is 15.2. The molecule has 0 saturated carbocycles. The van der Waals surface area contributed by atoms with Crippen molar-refractivity contribution >= 4 is 21.8 Å². The Morgan fingerprint density at radius 2 is 1.94 bits per heavy atom. The van der Waals surface area contributed by atoms with E-state index in [0.717, 1.165) is 37.1 Å². The Kier molecular flexibility index (Phi) is 6.98. The quantitative estimate of drug-likeness (QED) is 0.785. The minimum atomic E-state index is -0.0120. The number of hydrogen-bond acceptors (Lipinski definition) is 2. The summed E-state index contributed by atoms with van der Waals surface area (Å²) in [5.74, 6) is -0.0120. The molecule has 1 N–H and O–H groups in total. The third-order valence-electron chi connectivity index (χ3n) is 2.95. The van der Waals surface area contributed by atoms with E-state index in [2.05, 4.69) is 40.0 Å². The van der Waals surface area contributed by atoms with Crippen LogP contribution in [0.15, 0.2) is 28.7 Å². The summed E-state index contributed by atoms with van der Waals surface area (Å²) in [6, 6.07) is 7.48. The first-order valence-electron chi connectivity index (χ1n) is 6.44. The van der Waals surface area contributed by atoms with Gasteiger partial charge in [0.05, 0.1) is 5.56 Å². The molecule has 1 aromatic rings. The zero-order valence-corrected chi connectivity index (χ0v) is 12.7. The van der Waals surface area contributed by atoms with Gasteiger partial charge >= 0.3 is 0 Å². The second-order valence-electron chi connectivity index (χ2n) is 4.12. The van der Waals surface area contributed by atoms with Gasteiger partial charge in [-0.25, -0.2) is 0 Å². The number of amides is 1. The van der Waals surface area contributed by atoms with E-state index in [0.29, 0.717) is 5.56 Å². The lowest BCUT2D eigenvalue weighted by molar-refractivity contribution is 0.0951. The number of rotatable bonds is 7. The highest BCUT2D eigenvalue weighted by Gasteiger charge is 2.08. The van der Waals surface area contributed by atoms with E-state index in [-0.39, 0.29) is 5.91 Å². The molecule has 0 aliphatic rings. The smallest absolute Gasteiger partial charge is 0.252 e. The molecule has 0 aromatic heterocycles. The van der Waals surface area contributed by atoms with E-state index < -0.39 is 0 Å². The van der Waals surface area contributed by atoms with Crippen molar-refractivity contribution in [2.75, 3.05) is 26.2 Å². The Bertz CT molecular complexity index is 378. The van der Waals surface area contributed by atoms with Crippen LogP contribution in [0.4, 0.5) is 0 Å². The first-order valence-corrected chi connectivity index (χ1v) is 7.23. The van der Waals surface area contributed by atoms with Crippen molar-refractivity contribution < 1.29 is 4.79 Å². The van der Waals surface area contributed by atoms with Crippen molar-refractivity contribution in [2.24, 2.45) is 0 Å². The molecule has 1 aromatic carbocycles. The molecule has 18 heavy (non-hydrogen) atoms. The maximum absolute atomic E-state index is 11.9. The van der Waals surface area contributed by atoms with Crippen LogP contribution in [0.1, 0.15) is 30.6 Å². The summed E-state index contributed by atoms with van der Waals surface area (Å²) < 4.78 is 0.839. The highest BCUT2D eigenvalue weighted by atomic mass is 79.9. The largest absolute Gasteiger partial charge is 0.352 e. The number of carbonyl (C=O) groups excluding carboxylic acids is 1. The van der Waals surface area contributed by atoms with Gasteiger partial charge in [0.1, 0.15) is 0 Å². The van der Waals surface area contributed by atoms with Crippen molar-refractivity contribution in [1.29, 1.82) is 0 Å². The molecule has 1 rings (SSSR count). The fourth-order valence-corrected chi connectivity index (χ4v) is 2.25. The van der Waals surface area contributed by atoms with Crippen LogP contribution in [0.2, 0.25) is 0 Å². The summed E-state index contributed by atoms with van der Waals surface area (Å²) >= 11 is 3.38. The predicted molar refractivity (Wildman–Crippen MR) is 78.9 cm³/mol. The number of nitrogens with one attached hydrogen (secondary N) is 1. The second-order valence-corrected chi connectivity index (χ2v) is 4.97. The van der Waals surface area contributed by atoms with Crippen LogP contribution < -0.4 is 5.32 Å². The number of halogens is 1. The summed E-state index contributed by atoms with van der Waals surface area (Å²) in [5, 5.41) is 2.95. The Balaban J connectivity index is 2.32. The van der Waals surface area contributed by atoms with E-state index in [1.807, 2.05) is 24.3 Å². The molecule has 0 spiro atoms. The minimum absolute atomic E-state index is 0.0120. The number of carbonyl (C=O) groups is 1. The lowest BCUT2D eigenvalue weighted by Crippen LogP contribution is -2.30. The van der Waals surface area contributed by atoms with Gasteiger partial charge in [0.15, 0.2) is 0 Å². The lowest BCUT2D eigenvalue weighted by atomic mass is 10.2. The van der Waals surface area contributed by atoms with Gasteiger partial charge in [-0.05, 0) is 54.1 Å². The maximum atomic E-state index is 11.9. The first-order chi connectivity index (χ1) is 8.69. The Morgan fingerprint density at radius 3 is 2.56 bits per heavy atom. The van der Waals surface area contributed by atoms with Crippen LogP contribution in [0.5, 0.6) is 0 Å². The standard InChI is InChI=1S/C14H21BrN2O/c1-3-17(4-2)11-7-10-16-14(18)12-8-5-6-9-13(12)15/h5-6,8-9H,3-4,7,10-11H2,1-2H3,(H,16,18). The van der Waals surface area contributed by atoms with Crippen molar-refractivity contribution in [3.05, 3.63) is 34.3 Å². The monoisotopic (exact) mass is 312 g/mol. The highest BCUT2D eigenvalue weighted by Crippen LogP contribution is 2.15. The van der Waals surface area contributed by atoms with E-state index >= 15 is 0 Å². The molecule has 0 aliphatic heterocycles. The molecule has 0 radical (unpaired) electrons. The van der Waals surface area contributed by atoms with Gasteiger partial charge in [-0.3, -0.25) is 4.79 Å². The summed E-state index contributed by atoms with van der Waals surface area (Å²) in [5.41, 5.74) is 0.695. The number of benzene rings is 1. The molecular formula is C14H21BrN2O. The van der Waals surface area contributed by atoms with Gasteiger partial charge in [-0.2, -0.15) is 0 Å². The summed E-state index contributed by atoms with van der Waals surface area (Å²) in [4.78, 5) is 14.2. The van der Waals surface area contributed by atoms with Crippen molar-refractivity contribution in [1.82, 2.24) is 10.2 Å². The molecule has 100 valence electrons. The van der Waals surface area contributed by atoms with Gasteiger partial charge in [-0.1, -0.05) is 26.0 Å². The molecule has 1 amide bonds. The zero-order valence-electron chi connectivity index (χ0n) is 11.1. The third kappa shape index (κ3) is 4.78. The molecular weight excluding hydrogens is 292 g/mol. The van der Waals surface area contributed by atoms with Gasteiger partial charge in [0.25, 0.3) is 5.91 Å². The van der Waals surface area contributed by atoms with Gasteiger partial charge < -0.3 is 10.2 Å². The summed E-state index contributed by atoms with van der Waals surface area (Å²) in [7, 11) is 0. The molecule has 0 aliphatic carbocycles. The van der Waals surface area contributed by atoms with Crippen LogP contribution in [0, 0.1) is 0 Å². The molecule has 3 nitrogen and oxygen atoms in total. The Labute approximate surface area is 118 Å². The third-order valence-corrected chi connectivity index (χ3v) is 3.64. The summed E-state index contributed by atoms with van der Waals surface area (Å²) in [6.45, 7) is 8.19. The average Bonchev–Trinajstić information content (AvgIpc) is 2.39. The SMILES string of the molecule is CCN(CC)CCCNC(=O)c1ccccc1Br. The summed E-state index contributed by atoms with van der Waals surface area (Å²) in [6.07, 6.45) is 0.984. The Morgan fingerprint density at radius 1 is 1.28 bits per heavy atom. The molecule has 0 atom stereocenters. The van der Waals surface area contributed by atoms with Crippen molar-refractivity contribution in [2.45, 2.75) is 20.3 Å². The highest BCUT2D eigenvalue weighted by molar-refractivity contribution is 9.10. The molecule has 4 heteroatoms. The van der Waals surface area contributed by atoms with Gasteiger partial charge in [-0.15, -0.1) is 0 Å². The van der Waals surface area contributed by atoms with Crippen molar-refractivity contribution in [3.63, 3.8) is 0 Å². The predicted octanol–water partition coefficient (Wildman–Crippen LogP) is 2.91. The van der Waals surface area contributed by atoms with Crippen LogP contribution in [0.3, 0.4) is 0 Å². The number of hydrogen-bond donors (Lipinski definition) is 1. The van der Waals surface area contributed by atoms with Gasteiger partial charge in [0, 0.05) is 11.0 Å². The molecule has 0 saturated heterocycles. The van der Waals surface area contributed by atoms with E-state index in [1.54, 1.807) is 0 Å². The maximum Gasteiger partial charge on any atom is 0.252 e. The molecule has 0 unspecified atom stereocenters. The van der Waals surface area contributed by atoms with Crippen LogP contribution >= 0.6 is 15.9 Å². The fourth-order valence-electron chi connectivity index (χ4n) is 1.78. The molecule has 0 heterocycles. The van der Waals surface area contributed by atoms with Crippen LogP contribution in [0.25, 0.3) is 0 Å². The normalized spacial score (nSPS) is 10.7. The minimum Gasteiger partial charge on any atom is -0.352 e. The van der Waals surface area contributed by atoms with E-state index in [1.165, 1.54) is 0 Å². The van der Waals surface area contributed by atoms with Crippen molar-refractivity contribution in [3.8, 4) is 0 Å². The zero-order chi connectivity index (χ0) is 13.4. The molecule has 0 fully saturated rings. The topological polar surface area (TPSA) is 32.3 Å². The molecule has 0 bridgehead atoms. The van der Waals surface area contributed by atoms with Crippen LogP contribution in [-0.4, -0.2) is 37.0 Å². The fraction of sp³-hybridized carbons (Fsp3) is 0.500. The van der Waals surface area contributed by atoms with E-state index in [4.69, 9.17) is 0 Å². The van der Waals surface area contributed by atoms with Gasteiger partial charge in [0.2, 0.25) is 0 Å². The second kappa shape index (κ2) is 8.27. The van der Waals surface area contributed by atoms with E-state index in [9.17, 15) is 4.79 Å². The van der Waals surface area contributed by atoms with Crippen LogP contribution in [-0.2, 0) is 0 Å². The number of nitrogens with zero attached hydrogens (tertiary/aromatic N) is 1.